The van der Waals surface area contributed by atoms with Crippen LogP contribution in [0.5, 0.6) is 11.6 Å². The molecule has 0 saturated heterocycles. The first kappa shape index (κ1) is 17.6. The third-order valence-corrected chi connectivity index (χ3v) is 4.28. The zero-order valence-electron chi connectivity index (χ0n) is 14.5. The van der Waals surface area contributed by atoms with E-state index in [9.17, 15) is 9.59 Å². The van der Waals surface area contributed by atoms with E-state index >= 15 is 0 Å². The van der Waals surface area contributed by atoms with Crippen molar-refractivity contribution in [3.05, 3.63) is 93.6 Å². The lowest BCUT2D eigenvalue weighted by molar-refractivity contribution is 0.100. The van der Waals surface area contributed by atoms with Crippen molar-refractivity contribution in [2.24, 2.45) is 0 Å². The number of pyridine rings is 1. The van der Waals surface area contributed by atoms with E-state index in [0.29, 0.717) is 16.7 Å². The van der Waals surface area contributed by atoms with Crippen LogP contribution in [0.2, 0.25) is 0 Å². The van der Waals surface area contributed by atoms with Gasteiger partial charge in [-0.1, -0.05) is 30.3 Å². The summed E-state index contributed by atoms with van der Waals surface area (Å²) >= 11 is 5.22. The van der Waals surface area contributed by atoms with Gasteiger partial charge in [0.25, 0.3) is 11.5 Å². The van der Waals surface area contributed by atoms with Crippen LogP contribution in [0.25, 0.3) is 10.9 Å². The van der Waals surface area contributed by atoms with Crippen molar-refractivity contribution in [1.29, 1.82) is 0 Å². The van der Waals surface area contributed by atoms with Gasteiger partial charge in [0.2, 0.25) is 5.88 Å². The maximum absolute atomic E-state index is 12.8. The Bertz CT molecular complexity index is 1280. The van der Waals surface area contributed by atoms with Crippen LogP contribution >= 0.6 is 12.2 Å². The summed E-state index contributed by atoms with van der Waals surface area (Å²) in [6, 6.07) is 19.1. The highest BCUT2D eigenvalue weighted by molar-refractivity contribution is 7.71. The third kappa shape index (κ3) is 3.40. The van der Waals surface area contributed by atoms with Crippen molar-refractivity contribution in [3.63, 3.8) is 0 Å². The number of carbonyl (C=O) groups is 1. The predicted octanol–water partition coefficient (Wildman–Crippen LogP) is 3.63. The van der Waals surface area contributed by atoms with Crippen molar-refractivity contribution in [2.75, 3.05) is 5.43 Å². The summed E-state index contributed by atoms with van der Waals surface area (Å²) in [5.41, 5.74) is 2.86. The second-order valence-electron chi connectivity index (χ2n) is 5.83. The molecule has 0 spiro atoms. The molecule has 2 aromatic carbocycles. The van der Waals surface area contributed by atoms with E-state index < -0.39 is 11.5 Å². The zero-order chi connectivity index (χ0) is 19.5. The highest BCUT2D eigenvalue weighted by atomic mass is 32.1. The number of aromatic amines is 1. The van der Waals surface area contributed by atoms with Gasteiger partial charge in [-0.3, -0.25) is 15.0 Å². The van der Waals surface area contributed by atoms with E-state index in [0.717, 1.165) is 4.68 Å². The number of nitrogens with zero attached hydrogens (tertiary/aromatic N) is 2. The molecule has 0 bridgehead atoms. The maximum atomic E-state index is 12.8. The van der Waals surface area contributed by atoms with Crippen molar-refractivity contribution in [3.8, 4) is 11.6 Å². The summed E-state index contributed by atoms with van der Waals surface area (Å²) in [5, 5.41) is 0.406. The molecule has 0 fully saturated rings. The van der Waals surface area contributed by atoms with Gasteiger partial charge in [-0.25, -0.2) is 4.98 Å². The van der Waals surface area contributed by atoms with Crippen LogP contribution < -0.4 is 15.7 Å². The largest absolute Gasteiger partial charge is 0.438 e. The Morgan fingerprint density at radius 3 is 2.61 bits per heavy atom. The van der Waals surface area contributed by atoms with Gasteiger partial charge in [-0.15, -0.1) is 0 Å². The Balaban J connectivity index is 1.70. The molecule has 0 unspecified atom stereocenters. The number of hydrogen-bond donors (Lipinski definition) is 2. The lowest BCUT2D eigenvalue weighted by Gasteiger charge is -2.12. The molecule has 0 aliphatic rings. The topological polar surface area (TPSA) is 89.0 Å². The van der Waals surface area contributed by atoms with Gasteiger partial charge in [0, 0.05) is 6.20 Å². The minimum atomic E-state index is -0.573. The molecular formula is C20H14N4O3S. The number of H-pyrrole nitrogens is 1. The molecule has 2 N–H and O–H groups in total. The number of aromatic nitrogens is 3. The fraction of sp³-hybridized carbons (Fsp3) is 0. The van der Waals surface area contributed by atoms with Crippen LogP contribution in [0.15, 0.2) is 77.7 Å². The quantitative estimate of drug-likeness (QED) is 0.520. The number of fused-ring (bicyclic) bond motifs is 1. The van der Waals surface area contributed by atoms with Crippen LogP contribution in [-0.2, 0) is 0 Å². The molecule has 0 aliphatic heterocycles. The summed E-state index contributed by atoms with van der Waals surface area (Å²) in [6.07, 6.45) is 1.52. The lowest BCUT2D eigenvalue weighted by Crippen LogP contribution is -2.34. The van der Waals surface area contributed by atoms with Crippen LogP contribution in [0.4, 0.5) is 0 Å². The van der Waals surface area contributed by atoms with Gasteiger partial charge in [0.05, 0.1) is 10.9 Å². The predicted molar refractivity (Wildman–Crippen MR) is 108 cm³/mol. The number of ether oxygens (including phenoxy) is 1. The molecule has 8 heteroatoms. The monoisotopic (exact) mass is 390 g/mol. The number of carbonyl (C=O) groups excluding carboxylic acids is 1. The van der Waals surface area contributed by atoms with Gasteiger partial charge < -0.3 is 9.72 Å². The number of rotatable bonds is 4. The zero-order valence-corrected chi connectivity index (χ0v) is 15.3. The number of amides is 1. The first-order chi connectivity index (χ1) is 13.6. The molecule has 4 rings (SSSR count). The van der Waals surface area contributed by atoms with Crippen molar-refractivity contribution < 1.29 is 9.53 Å². The molecule has 138 valence electrons. The van der Waals surface area contributed by atoms with Crippen LogP contribution in [0.3, 0.4) is 0 Å². The summed E-state index contributed by atoms with van der Waals surface area (Å²) < 4.78 is 6.78. The molecule has 0 atom stereocenters. The van der Waals surface area contributed by atoms with Gasteiger partial charge >= 0.3 is 0 Å². The highest BCUT2D eigenvalue weighted by Crippen LogP contribution is 2.22. The minimum Gasteiger partial charge on any atom is -0.438 e. The standard InChI is InChI=1S/C20H14N4O3S/c25-17(15-10-6-12-21-18(15)27-13-7-2-1-3-8-13)23-24-19(26)14-9-4-5-11-16(14)22-20(24)28/h1-12H,(H,22,28)(H,23,25). The average molecular weight is 390 g/mol. The van der Waals surface area contributed by atoms with Gasteiger partial charge in [0.1, 0.15) is 11.3 Å². The molecule has 1 amide bonds. The highest BCUT2D eigenvalue weighted by Gasteiger charge is 2.16. The molecular weight excluding hydrogens is 376 g/mol. The molecule has 7 nitrogen and oxygen atoms in total. The average Bonchev–Trinajstić information content (AvgIpc) is 2.72. The fourth-order valence-electron chi connectivity index (χ4n) is 2.67. The Labute approximate surface area is 164 Å². The second kappa shape index (κ2) is 7.45. The number of benzene rings is 2. The first-order valence-corrected chi connectivity index (χ1v) is 8.77. The van der Waals surface area contributed by atoms with E-state index in [-0.39, 0.29) is 16.2 Å². The van der Waals surface area contributed by atoms with Crippen LogP contribution in [0.1, 0.15) is 10.4 Å². The fourth-order valence-corrected chi connectivity index (χ4v) is 2.91. The minimum absolute atomic E-state index is 0.0754. The molecule has 2 aromatic heterocycles. The van der Waals surface area contributed by atoms with E-state index in [4.69, 9.17) is 17.0 Å². The molecule has 0 radical (unpaired) electrons. The van der Waals surface area contributed by atoms with Crippen molar-refractivity contribution in [2.45, 2.75) is 0 Å². The normalized spacial score (nSPS) is 10.6. The van der Waals surface area contributed by atoms with E-state index in [2.05, 4.69) is 15.4 Å². The SMILES string of the molecule is O=C(Nn1c(=S)[nH]c2ccccc2c1=O)c1cccnc1Oc1ccccc1. The molecule has 4 aromatic rings. The maximum Gasteiger partial charge on any atom is 0.281 e. The van der Waals surface area contributed by atoms with Crippen LogP contribution in [-0.4, -0.2) is 20.6 Å². The smallest absolute Gasteiger partial charge is 0.281 e. The van der Waals surface area contributed by atoms with Gasteiger partial charge in [-0.2, -0.15) is 4.68 Å². The van der Waals surface area contributed by atoms with E-state index in [1.165, 1.54) is 6.20 Å². The first-order valence-electron chi connectivity index (χ1n) is 8.37. The van der Waals surface area contributed by atoms with Crippen molar-refractivity contribution >= 4 is 29.0 Å². The van der Waals surface area contributed by atoms with E-state index in [1.807, 2.05) is 18.2 Å². The summed E-state index contributed by atoms with van der Waals surface area (Å²) in [4.78, 5) is 32.6. The lowest BCUT2D eigenvalue weighted by atomic mass is 10.2. The Hall–Kier alpha value is -3.78. The number of para-hydroxylation sites is 2. The number of nitrogens with one attached hydrogen (secondary N) is 2. The summed E-state index contributed by atoms with van der Waals surface area (Å²) in [7, 11) is 0. The summed E-state index contributed by atoms with van der Waals surface area (Å²) in [6.45, 7) is 0. The molecule has 28 heavy (non-hydrogen) atoms. The molecule has 0 saturated carbocycles. The Morgan fingerprint density at radius 1 is 1.04 bits per heavy atom. The number of hydrogen-bond acceptors (Lipinski definition) is 5. The summed E-state index contributed by atoms with van der Waals surface area (Å²) in [5.74, 6) is 0.0845. The van der Waals surface area contributed by atoms with Crippen molar-refractivity contribution in [1.82, 2.24) is 14.6 Å². The Kier molecular flexibility index (Phi) is 4.69. The third-order valence-electron chi connectivity index (χ3n) is 3.99. The van der Waals surface area contributed by atoms with Gasteiger partial charge in [0.15, 0.2) is 4.77 Å². The Morgan fingerprint density at radius 2 is 1.79 bits per heavy atom. The molecule has 2 heterocycles. The van der Waals surface area contributed by atoms with Crippen LogP contribution in [0, 0.1) is 4.77 Å². The molecule has 0 aliphatic carbocycles. The van der Waals surface area contributed by atoms with Gasteiger partial charge in [-0.05, 0) is 48.6 Å². The second-order valence-corrected chi connectivity index (χ2v) is 6.22. The van der Waals surface area contributed by atoms with E-state index in [1.54, 1.807) is 48.5 Å².